The van der Waals surface area contributed by atoms with Crippen LogP contribution in [0.1, 0.15) is 24.9 Å². The van der Waals surface area contributed by atoms with Crippen molar-refractivity contribution in [2.45, 2.75) is 25.3 Å². The molecule has 2 aromatic rings. The number of aliphatic hydroxyl groups is 1. The number of benzene rings is 1. The highest BCUT2D eigenvalue weighted by Crippen LogP contribution is 2.30. The van der Waals surface area contributed by atoms with Crippen LogP contribution in [0.4, 0.5) is 0 Å². The molecule has 0 spiro atoms. The van der Waals surface area contributed by atoms with Crippen molar-refractivity contribution < 1.29 is 23.7 Å². The number of furan rings is 1. The maximum Gasteiger partial charge on any atom is 0.177 e. The monoisotopic (exact) mass is 359 g/mol. The Balaban J connectivity index is 1.87. The zero-order chi connectivity index (χ0) is 19.0. The van der Waals surface area contributed by atoms with Crippen molar-refractivity contribution in [3.05, 3.63) is 41.9 Å². The lowest BCUT2D eigenvalue weighted by atomic mass is 9.98. The van der Waals surface area contributed by atoms with Gasteiger partial charge in [0.15, 0.2) is 17.3 Å². The van der Waals surface area contributed by atoms with Crippen LogP contribution in [0.5, 0.6) is 17.2 Å². The average Bonchev–Trinajstić information content (AvgIpc) is 3.11. The third-order valence-corrected chi connectivity index (χ3v) is 3.84. The van der Waals surface area contributed by atoms with Gasteiger partial charge in [-0.15, -0.1) is 0 Å². The first-order chi connectivity index (χ1) is 12.5. The maximum atomic E-state index is 9.17. The average molecular weight is 359 g/mol. The zero-order valence-corrected chi connectivity index (χ0v) is 15.4. The van der Waals surface area contributed by atoms with Crippen molar-refractivity contribution in [3.63, 3.8) is 0 Å². The van der Waals surface area contributed by atoms with Crippen LogP contribution in [0, 0.1) is 11.8 Å². The van der Waals surface area contributed by atoms with Gasteiger partial charge in [0.25, 0.3) is 0 Å². The topological polar surface area (TPSA) is 87.1 Å². The van der Waals surface area contributed by atoms with Crippen LogP contribution in [0.15, 0.2) is 34.7 Å². The van der Waals surface area contributed by atoms with E-state index in [4.69, 9.17) is 24.4 Å². The molecule has 0 aliphatic rings. The Hall–Kier alpha value is -2.62. The lowest BCUT2D eigenvalue weighted by molar-refractivity contribution is 0.199. The van der Waals surface area contributed by atoms with Crippen LogP contribution < -0.4 is 19.9 Å². The first-order valence-electron chi connectivity index (χ1n) is 8.29. The standard InChI is InChI=1S/C20H25NO5/c1-20(21,14-22)11-10-16-7-6-15(26-16)5-4-12-25-17-8-9-18(23-2)19(13-17)24-3/h6-9,13,22H,10-12,14,21H2,1-3H3. The molecule has 2 rings (SSSR count). The Kier molecular flexibility index (Phi) is 6.96. The summed E-state index contributed by atoms with van der Waals surface area (Å²) in [6, 6.07) is 8.99. The van der Waals surface area contributed by atoms with Gasteiger partial charge in [-0.2, -0.15) is 0 Å². The fraction of sp³-hybridized carbons (Fsp3) is 0.400. The zero-order valence-electron chi connectivity index (χ0n) is 15.4. The molecule has 26 heavy (non-hydrogen) atoms. The van der Waals surface area contributed by atoms with Crippen molar-refractivity contribution >= 4 is 0 Å². The minimum absolute atomic E-state index is 0.0617. The summed E-state index contributed by atoms with van der Waals surface area (Å²) in [4.78, 5) is 0. The molecular weight excluding hydrogens is 334 g/mol. The normalized spacial score (nSPS) is 12.7. The molecule has 1 aromatic heterocycles. The smallest absolute Gasteiger partial charge is 0.177 e. The Morgan fingerprint density at radius 2 is 1.92 bits per heavy atom. The van der Waals surface area contributed by atoms with Gasteiger partial charge in [0, 0.05) is 18.0 Å². The van der Waals surface area contributed by atoms with Crippen molar-refractivity contribution in [2.24, 2.45) is 5.73 Å². The summed E-state index contributed by atoms with van der Waals surface area (Å²) in [5.74, 6) is 9.07. The molecule has 3 N–H and O–H groups in total. The number of aryl methyl sites for hydroxylation is 1. The molecule has 0 aliphatic carbocycles. The molecule has 6 nitrogen and oxygen atoms in total. The lowest BCUT2D eigenvalue weighted by Crippen LogP contribution is -2.40. The van der Waals surface area contributed by atoms with E-state index in [1.165, 1.54) is 0 Å². The number of hydrogen-bond acceptors (Lipinski definition) is 6. The SMILES string of the molecule is COc1ccc(OCC#Cc2ccc(CCC(C)(N)CO)o2)cc1OC. The first kappa shape index (κ1) is 19.7. The predicted molar refractivity (Wildman–Crippen MR) is 98.6 cm³/mol. The number of aliphatic hydroxyl groups excluding tert-OH is 1. The van der Waals surface area contributed by atoms with E-state index in [-0.39, 0.29) is 13.2 Å². The number of rotatable bonds is 8. The molecule has 1 unspecified atom stereocenters. The van der Waals surface area contributed by atoms with Crippen LogP contribution >= 0.6 is 0 Å². The largest absolute Gasteiger partial charge is 0.493 e. The van der Waals surface area contributed by atoms with Gasteiger partial charge in [-0.3, -0.25) is 0 Å². The summed E-state index contributed by atoms with van der Waals surface area (Å²) in [6.45, 7) is 1.97. The summed E-state index contributed by atoms with van der Waals surface area (Å²) in [7, 11) is 3.16. The van der Waals surface area contributed by atoms with E-state index in [0.717, 1.165) is 5.76 Å². The van der Waals surface area contributed by atoms with Gasteiger partial charge in [0.1, 0.15) is 18.1 Å². The van der Waals surface area contributed by atoms with Gasteiger partial charge in [-0.05, 0) is 43.5 Å². The van der Waals surface area contributed by atoms with Crippen molar-refractivity contribution in [2.75, 3.05) is 27.4 Å². The second-order valence-electron chi connectivity index (χ2n) is 6.19. The quantitative estimate of drug-likeness (QED) is 0.704. The second kappa shape index (κ2) is 9.18. The van der Waals surface area contributed by atoms with E-state index >= 15 is 0 Å². The number of hydrogen-bond donors (Lipinski definition) is 2. The van der Waals surface area contributed by atoms with Gasteiger partial charge in [-0.25, -0.2) is 0 Å². The van der Waals surface area contributed by atoms with Crippen LogP contribution in [0.2, 0.25) is 0 Å². The molecule has 0 fully saturated rings. The van der Waals surface area contributed by atoms with E-state index in [9.17, 15) is 5.11 Å². The highest BCUT2D eigenvalue weighted by Gasteiger charge is 2.17. The van der Waals surface area contributed by atoms with Gasteiger partial charge >= 0.3 is 0 Å². The summed E-state index contributed by atoms with van der Waals surface area (Å²) in [5, 5.41) is 9.17. The molecule has 0 aliphatic heterocycles. The van der Waals surface area contributed by atoms with E-state index in [2.05, 4.69) is 11.8 Å². The summed E-state index contributed by atoms with van der Waals surface area (Å²) >= 11 is 0. The van der Waals surface area contributed by atoms with Crippen LogP contribution in [-0.4, -0.2) is 38.1 Å². The third-order valence-electron chi connectivity index (χ3n) is 3.84. The molecule has 0 bridgehead atoms. The van der Waals surface area contributed by atoms with Gasteiger partial charge in [0.2, 0.25) is 0 Å². The summed E-state index contributed by atoms with van der Waals surface area (Å²) < 4.78 is 21.6. The molecule has 1 heterocycles. The van der Waals surface area contributed by atoms with E-state index in [0.29, 0.717) is 35.9 Å². The Morgan fingerprint density at radius 3 is 2.62 bits per heavy atom. The first-order valence-corrected chi connectivity index (χ1v) is 8.29. The fourth-order valence-corrected chi connectivity index (χ4v) is 2.22. The van der Waals surface area contributed by atoms with E-state index in [1.807, 2.05) is 19.1 Å². The summed E-state index contributed by atoms with van der Waals surface area (Å²) in [5.41, 5.74) is 5.30. The van der Waals surface area contributed by atoms with Crippen LogP contribution in [-0.2, 0) is 6.42 Å². The Bertz CT molecular complexity index is 770. The lowest BCUT2D eigenvalue weighted by Gasteiger charge is -2.20. The van der Waals surface area contributed by atoms with Gasteiger partial charge in [0.05, 0.1) is 20.8 Å². The fourth-order valence-electron chi connectivity index (χ4n) is 2.22. The second-order valence-corrected chi connectivity index (χ2v) is 6.19. The minimum Gasteiger partial charge on any atom is -0.493 e. The van der Waals surface area contributed by atoms with E-state index in [1.54, 1.807) is 32.4 Å². The van der Waals surface area contributed by atoms with Gasteiger partial charge < -0.3 is 29.5 Å². The van der Waals surface area contributed by atoms with Gasteiger partial charge in [-0.1, -0.05) is 5.92 Å². The minimum atomic E-state index is -0.605. The number of ether oxygens (including phenoxy) is 3. The van der Waals surface area contributed by atoms with Crippen molar-refractivity contribution in [3.8, 4) is 29.1 Å². The number of nitrogens with two attached hydrogens (primary N) is 1. The molecule has 1 atom stereocenters. The molecule has 6 heteroatoms. The molecule has 1 aromatic carbocycles. The number of methoxy groups -OCH3 is 2. The molecule has 140 valence electrons. The molecule has 0 saturated carbocycles. The highest BCUT2D eigenvalue weighted by atomic mass is 16.5. The highest BCUT2D eigenvalue weighted by molar-refractivity contribution is 5.45. The Labute approximate surface area is 153 Å². The predicted octanol–water partition coefficient (Wildman–Crippen LogP) is 2.37. The van der Waals surface area contributed by atoms with Crippen molar-refractivity contribution in [1.82, 2.24) is 0 Å². The van der Waals surface area contributed by atoms with E-state index < -0.39 is 5.54 Å². The summed E-state index contributed by atoms with van der Waals surface area (Å²) in [6.07, 6.45) is 1.28. The molecular formula is C20H25NO5. The molecule has 0 saturated heterocycles. The molecule has 0 radical (unpaired) electrons. The molecule has 0 amide bonds. The van der Waals surface area contributed by atoms with Crippen LogP contribution in [0.3, 0.4) is 0 Å². The third kappa shape index (κ3) is 5.73. The van der Waals surface area contributed by atoms with Crippen molar-refractivity contribution in [1.29, 1.82) is 0 Å². The maximum absolute atomic E-state index is 9.17. The Morgan fingerprint density at radius 1 is 1.15 bits per heavy atom. The van der Waals surface area contributed by atoms with Crippen LogP contribution in [0.25, 0.3) is 0 Å².